The second-order valence-electron chi connectivity index (χ2n) is 7.95. The molecule has 148 valence electrons. The fourth-order valence-electron chi connectivity index (χ4n) is 5.34. The van der Waals surface area contributed by atoms with Crippen LogP contribution >= 0.6 is 0 Å². The second-order valence-corrected chi connectivity index (χ2v) is 7.95. The van der Waals surface area contributed by atoms with Gasteiger partial charge >= 0.3 is 5.97 Å². The van der Waals surface area contributed by atoms with E-state index in [1.54, 1.807) is 48.5 Å². The van der Waals surface area contributed by atoms with Gasteiger partial charge in [0, 0.05) is 0 Å². The number of ether oxygens (including phenoxy) is 2. The maximum atomic E-state index is 13.1. The second kappa shape index (κ2) is 6.72. The Bertz CT molecular complexity index is 988. The monoisotopic (exact) mass is 391 g/mol. The molecule has 2 bridgehead atoms. The molecule has 1 saturated heterocycles. The minimum Gasteiger partial charge on any atom is -0.496 e. The van der Waals surface area contributed by atoms with Gasteiger partial charge in [0.05, 0.1) is 24.6 Å². The van der Waals surface area contributed by atoms with Crippen LogP contribution in [0, 0.1) is 23.7 Å². The van der Waals surface area contributed by atoms with Gasteiger partial charge in [-0.05, 0) is 55.4 Å². The van der Waals surface area contributed by atoms with Crippen LogP contribution in [0.5, 0.6) is 11.5 Å². The maximum absolute atomic E-state index is 13.1. The summed E-state index contributed by atoms with van der Waals surface area (Å²) in [6, 6.07) is 13.5. The van der Waals surface area contributed by atoms with Crippen molar-refractivity contribution in [1.29, 1.82) is 0 Å². The zero-order valence-electron chi connectivity index (χ0n) is 16.0. The Balaban J connectivity index is 1.47. The van der Waals surface area contributed by atoms with Crippen molar-refractivity contribution in [3.05, 3.63) is 54.1 Å². The highest BCUT2D eigenvalue weighted by Crippen LogP contribution is 2.57. The van der Waals surface area contributed by atoms with E-state index < -0.39 is 5.97 Å². The molecule has 3 aliphatic rings. The fraction of sp³-hybridized carbons (Fsp3) is 0.348. The molecule has 0 spiro atoms. The van der Waals surface area contributed by atoms with Crippen LogP contribution in [0.25, 0.3) is 0 Å². The van der Waals surface area contributed by atoms with Crippen LogP contribution in [0.15, 0.2) is 48.5 Å². The molecule has 6 nitrogen and oxygen atoms in total. The first-order valence-electron chi connectivity index (χ1n) is 9.92. The lowest BCUT2D eigenvalue weighted by molar-refractivity contribution is -0.123. The summed E-state index contributed by atoms with van der Waals surface area (Å²) in [5.74, 6) is -0.176. The van der Waals surface area contributed by atoms with Gasteiger partial charge in [-0.3, -0.25) is 9.59 Å². The van der Waals surface area contributed by atoms with Crippen molar-refractivity contribution in [2.75, 3.05) is 12.0 Å². The molecule has 0 aromatic heterocycles. The molecule has 2 saturated carbocycles. The van der Waals surface area contributed by atoms with Gasteiger partial charge in [0.15, 0.2) is 5.75 Å². The lowest BCUT2D eigenvalue weighted by atomic mass is 9.81. The third-order valence-corrected chi connectivity index (χ3v) is 6.56. The SMILES string of the molecule is COc1ccccc1C(=O)Oc1ccccc1N1C(=O)C2C3CCC(C3)C2C1=O. The van der Waals surface area contributed by atoms with Gasteiger partial charge in [0.25, 0.3) is 0 Å². The number of carbonyl (C=O) groups excluding carboxylic acids is 3. The van der Waals surface area contributed by atoms with Crippen LogP contribution in [-0.4, -0.2) is 24.9 Å². The Hall–Kier alpha value is -3.15. The van der Waals surface area contributed by atoms with Crippen molar-refractivity contribution < 1.29 is 23.9 Å². The summed E-state index contributed by atoms with van der Waals surface area (Å²) in [5, 5.41) is 0. The quantitative estimate of drug-likeness (QED) is 0.453. The Morgan fingerprint density at radius 2 is 1.48 bits per heavy atom. The fourth-order valence-corrected chi connectivity index (χ4v) is 5.34. The number of rotatable bonds is 4. The van der Waals surface area contributed by atoms with Gasteiger partial charge in [0.1, 0.15) is 11.3 Å². The number of esters is 1. The normalized spacial score (nSPS) is 27.3. The minimum absolute atomic E-state index is 0.159. The Morgan fingerprint density at radius 3 is 2.14 bits per heavy atom. The lowest BCUT2D eigenvalue weighted by Crippen LogP contribution is -2.33. The number of amides is 2. The molecule has 0 N–H and O–H groups in total. The highest BCUT2D eigenvalue weighted by molar-refractivity contribution is 6.23. The van der Waals surface area contributed by atoms with E-state index in [1.807, 2.05) is 0 Å². The molecule has 4 atom stereocenters. The molecule has 0 radical (unpaired) electrons. The number of hydrogen-bond donors (Lipinski definition) is 0. The van der Waals surface area contributed by atoms with Crippen molar-refractivity contribution in [2.45, 2.75) is 19.3 Å². The van der Waals surface area contributed by atoms with Crippen molar-refractivity contribution in [3.8, 4) is 11.5 Å². The van der Waals surface area contributed by atoms with Crippen LogP contribution in [-0.2, 0) is 9.59 Å². The molecular formula is C23H21NO5. The first-order valence-corrected chi connectivity index (χ1v) is 9.92. The molecular weight excluding hydrogens is 370 g/mol. The zero-order valence-corrected chi connectivity index (χ0v) is 16.0. The average molecular weight is 391 g/mol. The molecule has 2 aromatic carbocycles. The molecule has 2 aliphatic carbocycles. The number of para-hydroxylation sites is 3. The van der Waals surface area contributed by atoms with E-state index in [9.17, 15) is 14.4 Å². The number of imide groups is 1. The molecule has 1 heterocycles. The summed E-state index contributed by atoms with van der Waals surface area (Å²) in [7, 11) is 1.48. The third-order valence-electron chi connectivity index (χ3n) is 6.56. The van der Waals surface area contributed by atoms with Crippen LogP contribution in [0.3, 0.4) is 0 Å². The van der Waals surface area contributed by atoms with E-state index in [1.165, 1.54) is 12.0 Å². The highest BCUT2D eigenvalue weighted by atomic mass is 16.5. The lowest BCUT2D eigenvalue weighted by Gasteiger charge is -2.20. The van der Waals surface area contributed by atoms with Gasteiger partial charge in [0.2, 0.25) is 11.8 Å². The number of benzene rings is 2. The van der Waals surface area contributed by atoms with E-state index in [0.29, 0.717) is 23.3 Å². The smallest absolute Gasteiger partial charge is 0.347 e. The summed E-state index contributed by atoms with van der Waals surface area (Å²) in [4.78, 5) is 40.3. The van der Waals surface area contributed by atoms with Gasteiger partial charge in [-0.15, -0.1) is 0 Å². The van der Waals surface area contributed by atoms with Crippen molar-refractivity contribution in [2.24, 2.45) is 23.7 Å². The summed E-state index contributed by atoms with van der Waals surface area (Å²) in [6.45, 7) is 0. The molecule has 3 fully saturated rings. The van der Waals surface area contributed by atoms with E-state index >= 15 is 0 Å². The standard InChI is InChI=1S/C23H21NO5/c1-28-17-8-4-2-6-15(17)23(27)29-18-9-5-3-7-16(18)24-21(25)19-13-10-11-14(12-13)20(19)22(24)26/h2-9,13-14,19-20H,10-12H2,1H3. The molecule has 2 aromatic rings. The summed E-state index contributed by atoms with van der Waals surface area (Å²) in [5.41, 5.74) is 0.610. The number of anilines is 1. The highest BCUT2D eigenvalue weighted by Gasteiger charge is 2.61. The Morgan fingerprint density at radius 1 is 0.897 bits per heavy atom. The van der Waals surface area contributed by atoms with Crippen LogP contribution in [0.2, 0.25) is 0 Å². The van der Waals surface area contributed by atoms with Crippen molar-refractivity contribution in [1.82, 2.24) is 0 Å². The van der Waals surface area contributed by atoms with Crippen molar-refractivity contribution in [3.63, 3.8) is 0 Å². The van der Waals surface area contributed by atoms with Crippen LogP contribution < -0.4 is 14.4 Å². The predicted molar refractivity (Wildman–Crippen MR) is 105 cm³/mol. The first-order chi connectivity index (χ1) is 14.1. The van der Waals surface area contributed by atoms with E-state index in [2.05, 4.69) is 0 Å². The minimum atomic E-state index is -0.603. The molecule has 5 rings (SSSR count). The number of carbonyl (C=O) groups is 3. The molecule has 29 heavy (non-hydrogen) atoms. The van der Waals surface area contributed by atoms with Gasteiger partial charge < -0.3 is 9.47 Å². The predicted octanol–water partition coefficient (Wildman–Crippen LogP) is 3.45. The topological polar surface area (TPSA) is 72.9 Å². The zero-order chi connectivity index (χ0) is 20.1. The number of nitrogens with zero attached hydrogens (tertiary/aromatic N) is 1. The number of fused-ring (bicyclic) bond motifs is 5. The third kappa shape index (κ3) is 2.66. The van der Waals surface area contributed by atoms with E-state index in [4.69, 9.17) is 9.47 Å². The summed E-state index contributed by atoms with van der Waals surface area (Å²) < 4.78 is 10.8. The van der Waals surface area contributed by atoms with Gasteiger partial charge in [-0.25, -0.2) is 9.69 Å². The van der Waals surface area contributed by atoms with Crippen LogP contribution in [0.4, 0.5) is 5.69 Å². The van der Waals surface area contributed by atoms with Gasteiger partial charge in [-0.1, -0.05) is 24.3 Å². The maximum Gasteiger partial charge on any atom is 0.347 e. The molecule has 6 heteroatoms. The molecule has 4 unspecified atom stereocenters. The Kier molecular flexibility index (Phi) is 4.15. The first kappa shape index (κ1) is 17.9. The number of methoxy groups -OCH3 is 1. The number of hydrogen-bond acceptors (Lipinski definition) is 5. The molecule has 2 amide bonds. The van der Waals surface area contributed by atoms with Crippen LogP contribution in [0.1, 0.15) is 29.6 Å². The molecule has 1 aliphatic heterocycles. The largest absolute Gasteiger partial charge is 0.496 e. The summed E-state index contributed by atoms with van der Waals surface area (Å²) >= 11 is 0. The van der Waals surface area contributed by atoms with Gasteiger partial charge in [-0.2, -0.15) is 0 Å². The van der Waals surface area contributed by atoms with E-state index in [0.717, 1.165) is 19.3 Å². The average Bonchev–Trinajstić information content (AvgIpc) is 3.42. The summed E-state index contributed by atoms with van der Waals surface area (Å²) in [6.07, 6.45) is 3.01. The van der Waals surface area contributed by atoms with E-state index in [-0.39, 0.29) is 35.0 Å². The van der Waals surface area contributed by atoms with Crippen molar-refractivity contribution >= 4 is 23.5 Å². The Labute approximate surface area is 168 Å².